The van der Waals surface area contributed by atoms with E-state index in [0.29, 0.717) is 8.92 Å². The molecule has 0 bridgehead atoms. The van der Waals surface area contributed by atoms with Gasteiger partial charge in [-0.1, -0.05) is 65.2 Å². The minimum atomic E-state index is 0.532. The van der Waals surface area contributed by atoms with Crippen LogP contribution in [0.1, 0.15) is 40.3 Å². The predicted molar refractivity (Wildman–Crippen MR) is 145 cm³/mol. The molecule has 0 N–H and O–H groups in total. The number of halogens is 1. The molecule has 173 valence electrons. The van der Waals surface area contributed by atoms with Crippen molar-refractivity contribution in [3.63, 3.8) is 0 Å². The summed E-state index contributed by atoms with van der Waals surface area (Å²) in [6.45, 7) is 10.4. The fraction of sp³-hybridized carbons (Fsp3) is 0.259. The summed E-state index contributed by atoms with van der Waals surface area (Å²) in [5, 5.41) is 0. The fourth-order valence-electron chi connectivity index (χ4n) is 3.20. The zero-order chi connectivity index (χ0) is 23.7. The van der Waals surface area contributed by atoms with E-state index in [1.54, 1.807) is 11.1 Å². The van der Waals surface area contributed by atoms with E-state index in [0.717, 1.165) is 39.3 Å². The maximum atomic E-state index is 4.91. The second-order valence-corrected chi connectivity index (χ2v) is 14.5. The van der Waals surface area contributed by atoms with Gasteiger partial charge in [0.2, 0.25) is 0 Å². The molecule has 3 rings (SSSR count). The summed E-state index contributed by atoms with van der Waals surface area (Å²) in [6.07, 6.45) is 7.60. The first-order valence-corrected chi connectivity index (χ1v) is 15.8. The number of aliphatic imine (C=N–C) groups is 2. The molecule has 0 aromatic heterocycles. The van der Waals surface area contributed by atoms with Gasteiger partial charge in [0.1, 0.15) is 0 Å². The Morgan fingerprint density at radius 2 is 1.25 bits per heavy atom. The summed E-state index contributed by atoms with van der Waals surface area (Å²) in [4.78, 5) is 9.57. The van der Waals surface area contributed by atoms with Crippen LogP contribution in [-0.4, -0.2) is 24.4 Å². The molecule has 0 radical (unpaired) electrons. The molecule has 0 aliphatic carbocycles. The van der Waals surface area contributed by atoms with E-state index in [-0.39, 0.29) is 0 Å². The standard InChI is InChI=1S/C25H25N2.C2H6S.BrH.Ni/c1-17-10-8-11-18(2)24(17)26-16-22-14-6-7-15-23(22)21(5)27-25-19(3)12-9-13-20(25)4;1-3-2;;/h6-15H,1-5H3;1-2H3;1H;/q-1;;;+1/p-1. The molecule has 0 unspecified atom stereocenters. The summed E-state index contributed by atoms with van der Waals surface area (Å²) < 4.78 is 0. The SMILES string of the molecule is CC(=Nc1c(C)cccc1C)c1ccccc1[C-]=Nc1c(C)cccc1C.C[S](C)=[Ni][Br]. The molecule has 0 aliphatic heterocycles. The minimum absolute atomic E-state index is 0.532. The Hall–Kier alpha value is -1.68. The van der Waals surface area contributed by atoms with Gasteiger partial charge in [0.05, 0.1) is 5.69 Å². The van der Waals surface area contributed by atoms with Crippen LogP contribution in [0.5, 0.6) is 0 Å². The second kappa shape index (κ2) is 13.1. The summed E-state index contributed by atoms with van der Waals surface area (Å²) in [7, 11) is 0.532. The number of benzene rings is 3. The van der Waals surface area contributed by atoms with Crippen molar-refractivity contribution in [1.29, 1.82) is 0 Å². The monoisotopic (exact) mass is 552 g/mol. The third-order valence-electron chi connectivity index (χ3n) is 4.86. The summed E-state index contributed by atoms with van der Waals surface area (Å²) in [5.41, 5.74) is 9.66. The van der Waals surface area contributed by atoms with Crippen LogP contribution in [-0.2, 0) is 11.1 Å². The van der Waals surface area contributed by atoms with Crippen molar-refractivity contribution in [3.8, 4) is 0 Å². The summed E-state index contributed by atoms with van der Waals surface area (Å²) in [6, 6.07) is 20.6. The van der Waals surface area contributed by atoms with Crippen molar-refractivity contribution >= 4 is 46.4 Å². The van der Waals surface area contributed by atoms with Gasteiger partial charge in [0.25, 0.3) is 0 Å². The molecule has 0 fully saturated rings. The Labute approximate surface area is 207 Å². The van der Waals surface area contributed by atoms with Gasteiger partial charge < -0.3 is 4.99 Å². The Morgan fingerprint density at radius 1 is 0.781 bits per heavy atom. The van der Waals surface area contributed by atoms with Crippen molar-refractivity contribution in [2.45, 2.75) is 34.6 Å². The molecule has 3 aromatic carbocycles. The van der Waals surface area contributed by atoms with Crippen LogP contribution < -0.4 is 0 Å². The quantitative estimate of drug-likeness (QED) is 0.176. The summed E-state index contributed by atoms with van der Waals surface area (Å²) >= 11 is 4.84. The van der Waals surface area contributed by atoms with Gasteiger partial charge in [0, 0.05) is 5.71 Å². The van der Waals surface area contributed by atoms with Crippen LogP contribution in [0.3, 0.4) is 0 Å². The molecule has 0 atom stereocenters. The van der Waals surface area contributed by atoms with Crippen molar-refractivity contribution in [3.05, 3.63) is 94.0 Å². The normalized spacial score (nSPS) is 11.7. The van der Waals surface area contributed by atoms with Crippen LogP contribution in [0.2, 0.25) is 0 Å². The first kappa shape index (κ1) is 26.6. The Kier molecular flexibility index (Phi) is 10.9. The van der Waals surface area contributed by atoms with Gasteiger partial charge in [-0.25, -0.2) is 0 Å². The zero-order valence-electron chi connectivity index (χ0n) is 19.8. The third-order valence-corrected chi connectivity index (χ3v) is 11.0. The Morgan fingerprint density at radius 3 is 1.75 bits per heavy atom. The van der Waals surface area contributed by atoms with E-state index >= 15 is 0 Å². The molecule has 3 aromatic rings. The van der Waals surface area contributed by atoms with Crippen molar-refractivity contribution in [2.24, 2.45) is 9.98 Å². The number of aryl methyl sites for hydroxylation is 4. The fourth-order valence-corrected chi connectivity index (χ4v) is 3.20. The second-order valence-electron chi connectivity index (χ2n) is 7.66. The van der Waals surface area contributed by atoms with E-state index < -0.39 is 0 Å². The van der Waals surface area contributed by atoms with Gasteiger partial charge in [-0.15, -0.1) is 17.7 Å². The van der Waals surface area contributed by atoms with E-state index in [9.17, 15) is 0 Å². The molecule has 5 heteroatoms. The first-order valence-electron chi connectivity index (χ1n) is 10.3. The summed E-state index contributed by atoms with van der Waals surface area (Å²) in [5.74, 6) is 0. The maximum absolute atomic E-state index is 4.91. The zero-order valence-corrected chi connectivity index (χ0v) is 23.2. The Balaban J connectivity index is 0.000000654. The molecule has 32 heavy (non-hydrogen) atoms. The predicted octanol–water partition coefficient (Wildman–Crippen LogP) is 8.51. The first-order chi connectivity index (χ1) is 15.2. The van der Waals surface area contributed by atoms with Gasteiger partial charge >= 0.3 is 46.7 Å². The molecule has 0 saturated carbocycles. The van der Waals surface area contributed by atoms with E-state index in [2.05, 4.69) is 108 Å². The Bertz CT molecular complexity index is 1120. The van der Waals surface area contributed by atoms with Crippen molar-refractivity contribution in [2.75, 3.05) is 12.5 Å². The van der Waals surface area contributed by atoms with Gasteiger partial charge in [-0.2, -0.15) is 0 Å². The average molecular weight is 554 g/mol. The van der Waals surface area contributed by atoms with Crippen molar-refractivity contribution < 1.29 is 11.1 Å². The van der Waals surface area contributed by atoms with Gasteiger partial charge in [-0.05, 0) is 57.6 Å². The van der Waals surface area contributed by atoms with E-state index in [4.69, 9.17) is 4.99 Å². The molecular weight excluding hydrogens is 523 g/mol. The van der Waals surface area contributed by atoms with Crippen LogP contribution in [0.4, 0.5) is 11.4 Å². The molecular formula is C27H31BrN2NiS-. The molecule has 0 spiro atoms. The number of hydrogen-bond donors (Lipinski definition) is 0. The van der Waals surface area contributed by atoms with Crippen LogP contribution in [0.15, 0.2) is 70.6 Å². The van der Waals surface area contributed by atoms with Crippen molar-refractivity contribution in [1.82, 2.24) is 0 Å². The molecule has 0 saturated heterocycles. The number of nitrogens with zero attached hydrogens (tertiary/aromatic N) is 2. The molecule has 0 aliphatic rings. The van der Waals surface area contributed by atoms with Crippen LogP contribution >= 0.6 is 23.1 Å². The number of hydrogen-bond acceptors (Lipinski definition) is 2. The molecule has 0 heterocycles. The number of rotatable bonds is 4. The third kappa shape index (κ3) is 7.72. The van der Waals surface area contributed by atoms with E-state index in [1.165, 1.54) is 11.1 Å². The van der Waals surface area contributed by atoms with Gasteiger partial charge in [0.15, 0.2) is 0 Å². The topological polar surface area (TPSA) is 24.7 Å². The van der Waals surface area contributed by atoms with Gasteiger partial charge in [-0.3, -0.25) is 4.99 Å². The van der Waals surface area contributed by atoms with Crippen LogP contribution in [0, 0.1) is 27.7 Å². The molecule has 0 amide bonds. The molecule has 2 nitrogen and oxygen atoms in total. The van der Waals surface area contributed by atoms with E-state index in [1.807, 2.05) is 25.1 Å². The van der Waals surface area contributed by atoms with Crippen LogP contribution in [0.25, 0.3) is 0 Å². The number of para-hydroxylation sites is 2. The average Bonchev–Trinajstić information content (AvgIpc) is 2.76.